The average molecular weight is 443 g/mol. The molecule has 14 heteroatoms. The van der Waals surface area contributed by atoms with Crippen molar-refractivity contribution in [2.45, 2.75) is 25.9 Å². The van der Waals surface area contributed by atoms with Crippen LogP contribution in [0.3, 0.4) is 0 Å². The Morgan fingerprint density at radius 3 is 0.607 bits per heavy atom. The van der Waals surface area contributed by atoms with Crippen LogP contribution in [0.1, 0.15) is 13.8 Å². The third-order valence-electron chi connectivity index (χ3n) is 1.76. The number of allylic oxidation sites excluding steroid dienone is 2. The predicted octanol–water partition coefficient (Wildman–Crippen LogP) is -1.84. The number of carbonyl (C=O) groups is 6. The fourth-order valence-electron chi connectivity index (χ4n) is 0. The van der Waals surface area contributed by atoms with Gasteiger partial charge in [0.25, 0.3) is 0 Å². The van der Waals surface area contributed by atoms with Crippen LogP contribution >= 0.6 is 0 Å². The zero-order valence-electron chi connectivity index (χ0n) is 16.0. The quantitative estimate of drug-likeness (QED) is 0.158. The standard InChI is InChI=1S/2C4H10Si.3C2H2O4/c2*1-4(2)3-5;3*3-1(4)2(5)6/h2*1,3H2,2,5H3;3*(H,3,4)(H,5,6). The van der Waals surface area contributed by atoms with Crippen LogP contribution in [0.2, 0.25) is 12.1 Å². The van der Waals surface area contributed by atoms with E-state index in [0.29, 0.717) is 0 Å². The Labute approximate surface area is 166 Å². The van der Waals surface area contributed by atoms with Gasteiger partial charge in [0.2, 0.25) is 0 Å². The molecule has 0 aliphatic rings. The van der Waals surface area contributed by atoms with E-state index in [9.17, 15) is 0 Å². The van der Waals surface area contributed by atoms with Crippen molar-refractivity contribution in [3.63, 3.8) is 0 Å². The van der Waals surface area contributed by atoms with Gasteiger partial charge in [-0.25, -0.2) is 28.8 Å². The summed E-state index contributed by atoms with van der Waals surface area (Å²) in [4.78, 5) is 54.6. The summed E-state index contributed by atoms with van der Waals surface area (Å²) in [7, 11) is 2.55. The fraction of sp³-hybridized carbons (Fsp3) is 0.286. The van der Waals surface area contributed by atoms with E-state index >= 15 is 0 Å². The summed E-state index contributed by atoms with van der Waals surface area (Å²) in [5.74, 6) is -10.9. The molecule has 162 valence electrons. The topological polar surface area (TPSA) is 224 Å². The van der Waals surface area contributed by atoms with Crippen molar-refractivity contribution < 1.29 is 59.4 Å². The lowest BCUT2D eigenvalue weighted by atomic mass is 10.4. The maximum absolute atomic E-state index is 9.10. The Morgan fingerprint density at radius 2 is 0.607 bits per heavy atom. The second kappa shape index (κ2) is 23.7. The van der Waals surface area contributed by atoms with E-state index in [2.05, 4.69) is 27.0 Å². The molecule has 0 bridgehead atoms. The maximum atomic E-state index is 9.10. The molecule has 0 fully saturated rings. The van der Waals surface area contributed by atoms with E-state index in [1.165, 1.54) is 43.7 Å². The smallest absolute Gasteiger partial charge is 0.414 e. The third-order valence-corrected chi connectivity index (χ3v) is 4.17. The first-order chi connectivity index (χ1) is 12.5. The van der Waals surface area contributed by atoms with E-state index in [-0.39, 0.29) is 0 Å². The monoisotopic (exact) mass is 442 g/mol. The number of hydrogen-bond donors (Lipinski definition) is 6. The van der Waals surface area contributed by atoms with Gasteiger partial charge in [0.15, 0.2) is 0 Å². The van der Waals surface area contributed by atoms with Crippen molar-refractivity contribution in [3.8, 4) is 0 Å². The molecule has 6 N–H and O–H groups in total. The van der Waals surface area contributed by atoms with E-state index in [1.807, 2.05) is 0 Å². The summed E-state index contributed by atoms with van der Waals surface area (Å²) in [5, 5.41) is 44.3. The molecule has 0 aromatic carbocycles. The van der Waals surface area contributed by atoms with Crippen molar-refractivity contribution >= 4 is 56.3 Å². The number of rotatable bonds is 2. The predicted molar refractivity (Wildman–Crippen MR) is 105 cm³/mol. The largest absolute Gasteiger partial charge is 0.473 e. The van der Waals surface area contributed by atoms with Gasteiger partial charge in [0, 0.05) is 20.5 Å². The highest BCUT2D eigenvalue weighted by atomic mass is 28.1. The molecule has 0 aromatic heterocycles. The van der Waals surface area contributed by atoms with Crippen LogP contribution in [0.4, 0.5) is 0 Å². The minimum atomic E-state index is -1.82. The molecule has 0 saturated heterocycles. The highest BCUT2D eigenvalue weighted by Gasteiger charge is 2.04. The SMILES string of the molecule is C=C(C)C[SiH3].C=C(C)C[SiH3].O=C(O)C(=O)O.O=C(O)C(=O)O.O=C(O)C(=O)O. The maximum Gasteiger partial charge on any atom is 0.414 e. The molecule has 0 saturated carbocycles. The van der Waals surface area contributed by atoms with Crippen LogP contribution in [0.5, 0.6) is 0 Å². The van der Waals surface area contributed by atoms with Crippen LogP contribution in [-0.4, -0.2) is 86.9 Å². The number of carboxylic acids is 6. The Kier molecular flexibility index (Phi) is 30.3. The van der Waals surface area contributed by atoms with E-state index < -0.39 is 35.8 Å². The summed E-state index contributed by atoms with van der Waals surface area (Å²) in [5.41, 5.74) is 2.63. The van der Waals surface area contributed by atoms with Gasteiger partial charge >= 0.3 is 35.8 Å². The summed E-state index contributed by atoms with van der Waals surface area (Å²) < 4.78 is 0. The van der Waals surface area contributed by atoms with Gasteiger partial charge in [-0.2, -0.15) is 0 Å². The zero-order valence-corrected chi connectivity index (χ0v) is 20.0. The fourth-order valence-corrected chi connectivity index (χ4v) is 0. The number of hydrogen-bond acceptors (Lipinski definition) is 6. The molecule has 0 aromatic rings. The molecule has 12 nitrogen and oxygen atoms in total. The Bertz CT molecular complexity index is 462. The molecular weight excluding hydrogens is 416 g/mol. The lowest BCUT2D eigenvalue weighted by molar-refractivity contribution is -0.159. The molecule has 28 heavy (non-hydrogen) atoms. The second-order valence-corrected chi connectivity index (χ2v) is 5.87. The van der Waals surface area contributed by atoms with E-state index in [4.69, 9.17) is 59.4 Å². The normalized spacial score (nSPS) is 7.64. The molecule has 0 spiro atoms. The molecule has 0 aliphatic carbocycles. The second-order valence-electron chi connectivity index (χ2n) is 4.45. The first-order valence-electron chi connectivity index (χ1n) is 7.14. The lowest BCUT2D eigenvalue weighted by Gasteiger charge is -1.79. The summed E-state index contributed by atoms with van der Waals surface area (Å²) in [6, 6.07) is 2.50. The molecule has 0 radical (unpaired) electrons. The van der Waals surface area contributed by atoms with Gasteiger partial charge < -0.3 is 30.6 Å². The third kappa shape index (κ3) is 66.2. The molecule has 0 heterocycles. The lowest BCUT2D eigenvalue weighted by Crippen LogP contribution is -2.09. The zero-order chi connectivity index (χ0) is 24.0. The van der Waals surface area contributed by atoms with Crippen LogP contribution in [-0.2, 0) is 28.8 Å². The summed E-state index contributed by atoms with van der Waals surface area (Å²) in [6.07, 6.45) is 0. The highest BCUT2D eigenvalue weighted by Crippen LogP contribution is 1.87. The molecule has 0 unspecified atom stereocenters. The Morgan fingerprint density at radius 1 is 0.536 bits per heavy atom. The Balaban J connectivity index is -0.0000000789. The molecule has 0 rings (SSSR count). The van der Waals surface area contributed by atoms with Crippen molar-refractivity contribution in [2.75, 3.05) is 0 Å². The number of aliphatic carboxylic acids is 6. The summed E-state index contributed by atoms with van der Waals surface area (Å²) >= 11 is 0. The Hall–Kier alpha value is -3.27. The highest BCUT2D eigenvalue weighted by molar-refractivity contribution is 6.28. The van der Waals surface area contributed by atoms with Gasteiger partial charge in [-0.05, 0) is 25.9 Å². The number of carboxylic acid groups (broad SMARTS) is 6. The van der Waals surface area contributed by atoms with Gasteiger partial charge in [-0.1, -0.05) is 11.1 Å². The molecule has 0 amide bonds. The van der Waals surface area contributed by atoms with Crippen LogP contribution in [0, 0.1) is 0 Å². The minimum Gasteiger partial charge on any atom is -0.473 e. The van der Waals surface area contributed by atoms with E-state index in [0.717, 1.165) is 0 Å². The van der Waals surface area contributed by atoms with Crippen molar-refractivity contribution in [3.05, 3.63) is 24.3 Å². The van der Waals surface area contributed by atoms with Gasteiger partial charge in [0.1, 0.15) is 0 Å². The molecule has 0 aliphatic heterocycles. The van der Waals surface area contributed by atoms with Gasteiger partial charge in [-0.3, -0.25) is 0 Å². The van der Waals surface area contributed by atoms with E-state index in [1.54, 1.807) is 0 Å². The van der Waals surface area contributed by atoms with Crippen LogP contribution in [0.15, 0.2) is 24.3 Å². The minimum absolute atomic E-state index is 1.25. The van der Waals surface area contributed by atoms with Crippen LogP contribution < -0.4 is 0 Å². The first-order valence-corrected chi connectivity index (χ1v) is 9.97. The molecule has 0 atom stereocenters. The van der Waals surface area contributed by atoms with Gasteiger partial charge in [-0.15, -0.1) is 13.2 Å². The van der Waals surface area contributed by atoms with Crippen molar-refractivity contribution in [2.24, 2.45) is 0 Å². The molecular formula is C14H26O12Si2. The van der Waals surface area contributed by atoms with Gasteiger partial charge in [0.05, 0.1) is 0 Å². The van der Waals surface area contributed by atoms with Crippen molar-refractivity contribution in [1.82, 2.24) is 0 Å². The summed E-state index contributed by atoms with van der Waals surface area (Å²) in [6.45, 7) is 11.5. The van der Waals surface area contributed by atoms with Crippen LogP contribution in [0.25, 0.3) is 0 Å². The van der Waals surface area contributed by atoms with Crippen molar-refractivity contribution in [1.29, 1.82) is 0 Å². The average Bonchev–Trinajstić information content (AvgIpc) is 2.56. The first kappa shape index (κ1) is 35.8.